The Bertz CT molecular complexity index is 621. The van der Waals surface area contributed by atoms with Crippen LogP contribution >= 0.6 is 23.2 Å². The summed E-state index contributed by atoms with van der Waals surface area (Å²) in [6.07, 6.45) is 8.01. The number of aromatic nitrogens is 1. The highest BCUT2D eigenvalue weighted by molar-refractivity contribution is 6.35. The Kier molecular flexibility index (Phi) is 4.06. The van der Waals surface area contributed by atoms with Gasteiger partial charge in [-0.05, 0) is 42.5 Å². The monoisotopic (exact) mass is 309 g/mol. The number of aliphatic hydroxyl groups excluding tert-OH is 1. The molecule has 2 nitrogen and oxygen atoms in total. The highest BCUT2D eigenvalue weighted by Gasteiger charge is 2.18. The Morgan fingerprint density at radius 1 is 1.20 bits per heavy atom. The van der Waals surface area contributed by atoms with Gasteiger partial charge in [0.15, 0.2) is 0 Å². The second-order valence-electron chi connectivity index (χ2n) is 5.41. The van der Waals surface area contributed by atoms with Gasteiger partial charge in [0.1, 0.15) is 0 Å². The molecule has 0 amide bonds. The number of benzene rings is 1. The topological polar surface area (TPSA) is 25.2 Å². The summed E-state index contributed by atoms with van der Waals surface area (Å²) in [5.74, 6) is 0. The molecule has 1 aliphatic rings. The quantitative estimate of drug-likeness (QED) is 0.806. The highest BCUT2D eigenvalue weighted by atomic mass is 35.5. The van der Waals surface area contributed by atoms with Crippen LogP contribution < -0.4 is 0 Å². The third kappa shape index (κ3) is 2.88. The molecular formula is C16H17Cl2NO. The summed E-state index contributed by atoms with van der Waals surface area (Å²) in [7, 11) is 0. The molecule has 1 heterocycles. The van der Waals surface area contributed by atoms with E-state index in [0.717, 1.165) is 36.8 Å². The first-order chi connectivity index (χ1) is 9.63. The van der Waals surface area contributed by atoms with Crippen LogP contribution in [0.25, 0.3) is 0 Å². The normalized spacial score (nSPS) is 18.6. The average molecular weight is 310 g/mol. The fourth-order valence-electron chi connectivity index (χ4n) is 2.83. The lowest BCUT2D eigenvalue weighted by Crippen LogP contribution is -1.99. The molecule has 0 saturated heterocycles. The number of hydrogen-bond acceptors (Lipinski definition) is 1. The molecule has 1 unspecified atom stereocenters. The zero-order valence-corrected chi connectivity index (χ0v) is 12.7. The Balaban J connectivity index is 1.87. The highest BCUT2D eigenvalue weighted by Crippen LogP contribution is 2.30. The lowest BCUT2D eigenvalue weighted by atomic mass is 10.1. The average Bonchev–Trinajstić information content (AvgIpc) is 2.73. The molecule has 4 heteroatoms. The second-order valence-corrected chi connectivity index (χ2v) is 6.25. The van der Waals surface area contributed by atoms with Crippen molar-refractivity contribution in [1.82, 2.24) is 4.57 Å². The Morgan fingerprint density at radius 3 is 2.85 bits per heavy atom. The van der Waals surface area contributed by atoms with Gasteiger partial charge in [0.2, 0.25) is 0 Å². The molecule has 106 valence electrons. The van der Waals surface area contributed by atoms with Crippen LogP contribution in [0, 0.1) is 0 Å². The summed E-state index contributed by atoms with van der Waals surface area (Å²) in [6, 6.07) is 5.57. The van der Waals surface area contributed by atoms with E-state index in [9.17, 15) is 5.11 Å². The predicted molar refractivity (Wildman–Crippen MR) is 82.5 cm³/mol. The maximum absolute atomic E-state index is 10.2. The lowest BCUT2D eigenvalue weighted by molar-refractivity contribution is 0.166. The molecular weight excluding hydrogens is 293 g/mol. The van der Waals surface area contributed by atoms with E-state index in [4.69, 9.17) is 23.2 Å². The number of nitrogens with zero attached hydrogens (tertiary/aromatic N) is 1. The van der Waals surface area contributed by atoms with Crippen molar-refractivity contribution >= 4 is 23.2 Å². The largest absolute Gasteiger partial charge is 0.388 e. The van der Waals surface area contributed by atoms with Gasteiger partial charge in [-0.1, -0.05) is 35.7 Å². The molecule has 1 aromatic carbocycles. The predicted octanol–water partition coefficient (Wildman–Crippen LogP) is 4.60. The van der Waals surface area contributed by atoms with Gasteiger partial charge in [-0.2, -0.15) is 0 Å². The first-order valence-electron chi connectivity index (χ1n) is 6.94. The van der Waals surface area contributed by atoms with E-state index in [2.05, 4.69) is 17.0 Å². The fraction of sp³-hybridized carbons (Fsp3) is 0.375. The van der Waals surface area contributed by atoms with Gasteiger partial charge in [0.25, 0.3) is 0 Å². The number of aliphatic hydroxyl groups is 1. The molecule has 0 bridgehead atoms. The van der Waals surface area contributed by atoms with Crippen LogP contribution in [0.2, 0.25) is 10.0 Å². The summed E-state index contributed by atoms with van der Waals surface area (Å²) in [5, 5.41) is 11.5. The third-order valence-electron chi connectivity index (χ3n) is 3.90. The Labute approximate surface area is 128 Å². The molecule has 0 saturated carbocycles. The Morgan fingerprint density at radius 2 is 2.05 bits per heavy atom. The number of fused-ring (bicyclic) bond motifs is 1. The number of hydrogen-bond donors (Lipinski definition) is 1. The summed E-state index contributed by atoms with van der Waals surface area (Å²) < 4.78 is 2.11. The van der Waals surface area contributed by atoms with Gasteiger partial charge in [0, 0.05) is 34.5 Å². The van der Waals surface area contributed by atoms with Crippen molar-refractivity contribution in [2.45, 2.75) is 38.3 Å². The van der Waals surface area contributed by atoms with E-state index >= 15 is 0 Å². The van der Waals surface area contributed by atoms with Gasteiger partial charge in [-0.25, -0.2) is 0 Å². The van der Waals surface area contributed by atoms with Crippen LogP contribution in [-0.4, -0.2) is 9.67 Å². The van der Waals surface area contributed by atoms with Crippen molar-refractivity contribution in [1.29, 1.82) is 0 Å². The van der Waals surface area contributed by atoms with Crippen LogP contribution in [0.1, 0.15) is 42.1 Å². The zero-order valence-electron chi connectivity index (χ0n) is 11.1. The molecule has 0 radical (unpaired) electrons. The number of rotatable bonds is 2. The minimum atomic E-state index is -0.325. The van der Waals surface area contributed by atoms with E-state index < -0.39 is 0 Å². The first-order valence-corrected chi connectivity index (χ1v) is 7.69. The molecule has 1 aliphatic carbocycles. The summed E-state index contributed by atoms with van der Waals surface area (Å²) in [6.45, 7) is 0.704. The van der Waals surface area contributed by atoms with E-state index in [1.807, 2.05) is 12.1 Å². The zero-order chi connectivity index (χ0) is 14.1. The molecule has 3 rings (SSSR count). The van der Waals surface area contributed by atoms with Crippen molar-refractivity contribution < 1.29 is 5.11 Å². The van der Waals surface area contributed by atoms with Gasteiger partial charge in [-0.15, -0.1) is 0 Å². The smallest absolute Gasteiger partial charge is 0.0807 e. The standard InChI is InChI=1S/C16H17Cl2NO/c17-13-6-5-12(15(18)7-13)9-19-8-11-3-1-2-4-16(20)14(11)10-19/h5-8,10,16,20H,1-4,9H2. The summed E-state index contributed by atoms with van der Waals surface area (Å²) in [4.78, 5) is 0. The molecule has 1 N–H and O–H groups in total. The van der Waals surface area contributed by atoms with E-state index in [0.29, 0.717) is 16.6 Å². The van der Waals surface area contributed by atoms with Crippen molar-refractivity contribution in [3.05, 3.63) is 57.3 Å². The van der Waals surface area contributed by atoms with Crippen molar-refractivity contribution in [3.63, 3.8) is 0 Å². The number of halogens is 2. The van der Waals surface area contributed by atoms with Crippen molar-refractivity contribution in [2.24, 2.45) is 0 Å². The summed E-state index contributed by atoms with van der Waals surface area (Å²) in [5.41, 5.74) is 3.38. The minimum Gasteiger partial charge on any atom is -0.388 e. The minimum absolute atomic E-state index is 0.325. The number of aryl methyl sites for hydroxylation is 1. The van der Waals surface area contributed by atoms with E-state index in [1.54, 1.807) is 6.07 Å². The Hall–Kier alpha value is -0.960. The van der Waals surface area contributed by atoms with Gasteiger partial charge in [0.05, 0.1) is 6.10 Å². The van der Waals surface area contributed by atoms with Crippen LogP contribution in [0.4, 0.5) is 0 Å². The van der Waals surface area contributed by atoms with Gasteiger partial charge < -0.3 is 9.67 Å². The third-order valence-corrected chi connectivity index (χ3v) is 4.49. The molecule has 0 aliphatic heterocycles. The maximum Gasteiger partial charge on any atom is 0.0807 e. The van der Waals surface area contributed by atoms with Crippen LogP contribution in [0.15, 0.2) is 30.6 Å². The van der Waals surface area contributed by atoms with Crippen LogP contribution in [0.5, 0.6) is 0 Å². The van der Waals surface area contributed by atoms with Crippen LogP contribution in [-0.2, 0) is 13.0 Å². The van der Waals surface area contributed by atoms with Gasteiger partial charge in [-0.3, -0.25) is 0 Å². The molecule has 2 aromatic rings. The van der Waals surface area contributed by atoms with Crippen molar-refractivity contribution in [3.8, 4) is 0 Å². The van der Waals surface area contributed by atoms with Crippen LogP contribution in [0.3, 0.4) is 0 Å². The summed E-state index contributed by atoms with van der Waals surface area (Å²) >= 11 is 12.1. The lowest BCUT2D eigenvalue weighted by Gasteiger charge is -2.08. The molecule has 20 heavy (non-hydrogen) atoms. The SMILES string of the molecule is OC1CCCCc2cn(Cc3ccc(Cl)cc3Cl)cc21. The van der Waals surface area contributed by atoms with E-state index in [1.165, 1.54) is 5.56 Å². The fourth-order valence-corrected chi connectivity index (χ4v) is 3.30. The molecule has 1 atom stereocenters. The molecule has 0 fully saturated rings. The van der Waals surface area contributed by atoms with Crippen molar-refractivity contribution in [2.75, 3.05) is 0 Å². The van der Waals surface area contributed by atoms with E-state index in [-0.39, 0.29) is 6.10 Å². The van der Waals surface area contributed by atoms with Gasteiger partial charge >= 0.3 is 0 Å². The maximum atomic E-state index is 10.2. The first kappa shape index (κ1) is 14.0. The molecule has 0 spiro atoms. The molecule has 1 aromatic heterocycles. The second kappa shape index (κ2) is 5.80.